The second-order valence-corrected chi connectivity index (χ2v) is 13.0. The molecule has 9 nitrogen and oxygen atoms in total. The molecule has 1 aliphatic heterocycles. The first-order chi connectivity index (χ1) is 18.3. The van der Waals surface area contributed by atoms with Gasteiger partial charge in [0, 0.05) is 6.54 Å². The highest BCUT2D eigenvalue weighted by molar-refractivity contribution is 7.89. The zero-order valence-electron chi connectivity index (χ0n) is 21.3. The fraction of sp³-hybridized carbons (Fsp3) is 0.259. The molecule has 0 aliphatic carbocycles. The van der Waals surface area contributed by atoms with Crippen LogP contribution in [0.3, 0.4) is 0 Å². The van der Waals surface area contributed by atoms with Crippen molar-refractivity contribution in [1.29, 1.82) is 0 Å². The van der Waals surface area contributed by atoms with Gasteiger partial charge < -0.3 is 0 Å². The summed E-state index contributed by atoms with van der Waals surface area (Å²) in [5, 5.41) is 5.14. The molecule has 4 rings (SSSR count). The zero-order chi connectivity index (χ0) is 28.5. The average molecular weight is 574 g/mol. The Bertz CT molecular complexity index is 1590. The Labute approximate surface area is 227 Å². The predicted molar refractivity (Wildman–Crippen MR) is 143 cm³/mol. The molecule has 2 amide bonds. The molecule has 0 spiro atoms. The van der Waals surface area contributed by atoms with Crippen LogP contribution in [-0.4, -0.2) is 45.5 Å². The van der Waals surface area contributed by atoms with Gasteiger partial charge in [-0.1, -0.05) is 38.1 Å². The van der Waals surface area contributed by atoms with Crippen molar-refractivity contribution in [3.05, 3.63) is 89.7 Å². The standard InChI is InChI=1S/C27H28FN3O6S2/c1-18(2)20-5-9-22(10-6-20)31-26(32)17-25(27(31)33)30(39(36,37)24-13-7-21(28)8-14-24)16-15-19-3-11-23(12-4-19)38(29,34)35/h3-14,18,25H,15-17H2,1-2H3,(H2,29,34,35). The highest BCUT2D eigenvalue weighted by Crippen LogP contribution is 2.30. The highest BCUT2D eigenvalue weighted by atomic mass is 32.2. The van der Waals surface area contributed by atoms with Crippen LogP contribution in [0.1, 0.15) is 37.3 Å². The number of halogens is 1. The number of imide groups is 1. The summed E-state index contributed by atoms with van der Waals surface area (Å²) < 4.78 is 64.9. The number of carbonyl (C=O) groups is 2. The van der Waals surface area contributed by atoms with Crippen molar-refractivity contribution in [3.63, 3.8) is 0 Å². The second kappa shape index (κ2) is 11.0. The number of sulfonamides is 2. The van der Waals surface area contributed by atoms with Gasteiger partial charge in [-0.25, -0.2) is 31.3 Å². The number of benzene rings is 3. The Hall–Kier alpha value is -3.45. The fourth-order valence-corrected chi connectivity index (χ4v) is 6.49. The Morgan fingerprint density at radius 2 is 1.46 bits per heavy atom. The number of nitrogens with zero attached hydrogens (tertiary/aromatic N) is 2. The lowest BCUT2D eigenvalue weighted by Crippen LogP contribution is -2.46. The van der Waals surface area contributed by atoms with Crippen LogP contribution in [0.4, 0.5) is 10.1 Å². The minimum absolute atomic E-state index is 0.0993. The van der Waals surface area contributed by atoms with Gasteiger partial charge in [0.2, 0.25) is 26.0 Å². The van der Waals surface area contributed by atoms with Crippen molar-refractivity contribution >= 4 is 37.5 Å². The molecule has 206 valence electrons. The van der Waals surface area contributed by atoms with Crippen molar-refractivity contribution < 1.29 is 30.8 Å². The van der Waals surface area contributed by atoms with Crippen LogP contribution >= 0.6 is 0 Å². The van der Waals surface area contributed by atoms with Crippen LogP contribution in [0, 0.1) is 5.82 Å². The number of primary sulfonamides is 1. The summed E-state index contributed by atoms with van der Waals surface area (Å²) in [7, 11) is -8.24. The van der Waals surface area contributed by atoms with Gasteiger partial charge >= 0.3 is 0 Å². The van der Waals surface area contributed by atoms with E-state index in [0.29, 0.717) is 11.3 Å². The molecule has 1 unspecified atom stereocenters. The van der Waals surface area contributed by atoms with Crippen molar-refractivity contribution in [2.45, 2.75) is 48.4 Å². The van der Waals surface area contributed by atoms with Crippen LogP contribution in [0.5, 0.6) is 0 Å². The van der Waals surface area contributed by atoms with E-state index in [1.807, 2.05) is 26.0 Å². The molecule has 39 heavy (non-hydrogen) atoms. The van der Waals surface area contributed by atoms with Gasteiger partial charge in [-0.15, -0.1) is 0 Å². The predicted octanol–water partition coefficient (Wildman–Crippen LogP) is 3.16. The summed E-state index contributed by atoms with van der Waals surface area (Å²) in [5.74, 6) is -1.61. The number of nitrogens with two attached hydrogens (primary N) is 1. The second-order valence-electron chi connectivity index (χ2n) is 9.54. The maximum Gasteiger partial charge on any atom is 0.252 e. The normalized spacial score (nSPS) is 16.5. The van der Waals surface area contributed by atoms with E-state index in [0.717, 1.165) is 39.0 Å². The molecule has 1 atom stereocenters. The molecule has 3 aromatic rings. The van der Waals surface area contributed by atoms with Crippen molar-refractivity contribution in [2.75, 3.05) is 11.4 Å². The van der Waals surface area contributed by atoms with E-state index >= 15 is 0 Å². The van der Waals surface area contributed by atoms with Crippen molar-refractivity contribution in [2.24, 2.45) is 5.14 Å². The third-order valence-corrected chi connectivity index (χ3v) is 9.43. The minimum Gasteiger partial charge on any atom is -0.274 e. The first kappa shape index (κ1) is 28.6. The van der Waals surface area contributed by atoms with Crippen molar-refractivity contribution in [3.8, 4) is 0 Å². The van der Waals surface area contributed by atoms with Crippen LogP contribution in [0.25, 0.3) is 0 Å². The number of amides is 2. The maximum atomic E-state index is 13.7. The Morgan fingerprint density at radius 3 is 2.00 bits per heavy atom. The average Bonchev–Trinajstić information content (AvgIpc) is 3.17. The topological polar surface area (TPSA) is 135 Å². The maximum absolute atomic E-state index is 13.7. The highest BCUT2D eigenvalue weighted by Gasteiger charge is 2.46. The summed E-state index contributed by atoms with van der Waals surface area (Å²) in [6.07, 6.45) is -0.262. The van der Waals surface area contributed by atoms with Crippen molar-refractivity contribution in [1.82, 2.24) is 4.31 Å². The molecular weight excluding hydrogens is 545 g/mol. The number of rotatable bonds is 9. The zero-order valence-corrected chi connectivity index (χ0v) is 23.0. The lowest BCUT2D eigenvalue weighted by Gasteiger charge is -2.27. The molecule has 0 saturated carbocycles. The summed E-state index contributed by atoms with van der Waals surface area (Å²) in [4.78, 5) is 27.2. The molecule has 3 aromatic carbocycles. The Balaban J connectivity index is 1.66. The van der Waals surface area contributed by atoms with E-state index in [9.17, 15) is 30.8 Å². The van der Waals surface area contributed by atoms with Gasteiger partial charge in [-0.2, -0.15) is 4.31 Å². The lowest BCUT2D eigenvalue weighted by molar-refractivity contribution is -0.122. The summed E-state index contributed by atoms with van der Waals surface area (Å²) in [6, 6.07) is 15.4. The summed E-state index contributed by atoms with van der Waals surface area (Å²) in [5.41, 5.74) is 1.94. The first-order valence-electron chi connectivity index (χ1n) is 12.1. The number of hydrogen-bond donors (Lipinski definition) is 1. The van der Waals surface area contributed by atoms with E-state index in [1.165, 1.54) is 24.3 Å². The SMILES string of the molecule is CC(C)c1ccc(N2C(=O)CC(N(CCc3ccc(S(N)(=O)=O)cc3)S(=O)(=O)c3ccc(F)cc3)C2=O)cc1. The van der Waals surface area contributed by atoms with Gasteiger partial charge in [0.15, 0.2) is 0 Å². The molecule has 0 radical (unpaired) electrons. The van der Waals surface area contributed by atoms with Gasteiger partial charge in [0.25, 0.3) is 5.91 Å². The minimum atomic E-state index is -4.33. The van der Waals surface area contributed by atoms with E-state index in [-0.39, 0.29) is 35.1 Å². The van der Waals surface area contributed by atoms with E-state index < -0.39 is 43.7 Å². The molecule has 1 aliphatic rings. The van der Waals surface area contributed by atoms with Gasteiger partial charge in [0.05, 0.1) is 21.9 Å². The molecule has 1 fully saturated rings. The summed E-state index contributed by atoms with van der Waals surface area (Å²) >= 11 is 0. The van der Waals surface area contributed by atoms with Crippen LogP contribution < -0.4 is 10.0 Å². The monoisotopic (exact) mass is 573 g/mol. The molecule has 1 heterocycles. The number of carbonyl (C=O) groups excluding carboxylic acids is 2. The number of hydrogen-bond acceptors (Lipinski definition) is 6. The quantitative estimate of drug-likeness (QED) is 0.391. The smallest absolute Gasteiger partial charge is 0.252 e. The van der Waals surface area contributed by atoms with Crippen LogP contribution in [0.2, 0.25) is 0 Å². The van der Waals surface area contributed by atoms with E-state index in [1.54, 1.807) is 12.1 Å². The molecule has 12 heteroatoms. The molecule has 1 saturated heterocycles. The number of anilines is 1. The lowest BCUT2D eigenvalue weighted by atomic mass is 10.0. The van der Waals surface area contributed by atoms with Crippen LogP contribution in [0.15, 0.2) is 82.6 Å². The molecular formula is C27H28FN3O6S2. The summed E-state index contributed by atoms with van der Waals surface area (Å²) in [6.45, 7) is 3.83. The van der Waals surface area contributed by atoms with Crippen LogP contribution in [-0.2, 0) is 36.1 Å². The van der Waals surface area contributed by atoms with Gasteiger partial charge in [-0.05, 0) is 72.0 Å². The van der Waals surface area contributed by atoms with E-state index in [4.69, 9.17) is 5.14 Å². The van der Waals surface area contributed by atoms with Gasteiger partial charge in [-0.3, -0.25) is 9.59 Å². The molecule has 2 N–H and O–H groups in total. The molecule has 0 bridgehead atoms. The molecule has 0 aromatic heterocycles. The Kier molecular flexibility index (Phi) is 8.03. The fourth-order valence-electron chi connectivity index (χ4n) is 4.39. The third kappa shape index (κ3) is 6.09. The largest absolute Gasteiger partial charge is 0.274 e. The van der Waals surface area contributed by atoms with E-state index in [2.05, 4.69) is 0 Å². The first-order valence-corrected chi connectivity index (χ1v) is 15.1. The third-order valence-electron chi connectivity index (χ3n) is 6.58. The van der Waals surface area contributed by atoms with Gasteiger partial charge in [0.1, 0.15) is 11.9 Å². The Morgan fingerprint density at radius 1 is 0.897 bits per heavy atom.